The fraction of sp³-hybridized carbons (Fsp3) is 0.435. The summed E-state index contributed by atoms with van der Waals surface area (Å²) < 4.78 is 11.6. The lowest BCUT2D eigenvalue weighted by molar-refractivity contribution is 0.289. The van der Waals surface area contributed by atoms with E-state index in [1.165, 1.54) is 0 Å². The lowest BCUT2D eigenvalue weighted by Gasteiger charge is -2.23. The smallest absolute Gasteiger partial charge is 0.175 e. The number of rotatable bonds is 10. The van der Waals surface area contributed by atoms with Crippen molar-refractivity contribution in [1.82, 2.24) is 0 Å². The first kappa shape index (κ1) is 22.0. The van der Waals surface area contributed by atoms with Crippen LogP contribution in [0.1, 0.15) is 40.5 Å². The fourth-order valence-electron chi connectivity index (χ4n) is 2.61. The molecule has 0 saturated carbocycles. The average molecular weight is 401 g/mol. The molecule has 0 radical (unpaired) electrons. The minimum absolute atomic E-state index is 0.293. The van der Waals surface area contributed by atoms with Crippen molar-refractivity contribution in [2.24, 2.45) is 17.6 Å². The van der Waals surface area contributed by atoms with Gasteiger partial charge < -0.3 is 15.2 Å². The Morgan fingerprint density at radius 1 is 0.786 bits per heavy atom. The third-order valence-electron chi connectivity index (χ3n) is 4.34. The minimum atomic E-state index is 0.293. The molecular weight excluding hydrogens is 368 g/mol. The fourth-order valence-corrected chi connectivity index (χ4v) is 2.82. The zero-order valence-corrected chi connectivity index (χ0v) is 18.2. The molecule has 0 aliphatic carbocycles. The summed E-state index contributed by atoms with van der Waals surface area (Å²) in [5, 5.41) is 0.293. The van der Waals surface area contributed by atoms with Gasteiger partial charge in [0.05, 0.1) is 13.2 Å². The Hall–Kier alpha value is -2.27. The van der Waals surface area contributed by atoms with Crippen molar-refractivity contribution >= 4 is 28.7 Å². The Labute approximate surface area is 174 Å². The molecule has 0 spiro atoms. The van der Waals surface area contributed by atoms with E-state index in [4.69, 9.17) is 27.4 Å². The molecular formula is C23H32N2O2S. The van der Waals surface area contributed by atoms with Gasteiger partial charge in [-0.3, -0.25) is 4.90 Å². The van der Waals surface area contributed by atoms with E-state index in [1.807, 2.05) is 53.4 Å². The molecule has 0 amide bonds. The molecule has 0 unspecified atom stereocenters. The highest BCUT2D eigenvalue weighted by molar-refractivity contribution is 7.80. The maximum absolute atomic E-state index is 6.00. The van der Waals surface area contributed by atoms with E-state index >= 15 is 0 Å². The lowest BCUT2D eigenvalue weighted by Crippen LogP contribution is -2.31. The number of hydrogen-bond acceptors (Lipinski definition) is 3. The van der Waals surface area contributed by atoms with Gasteiger partial charge in [-0.15, -0.1) is 0 Å². The standard InChI is InChI=1S/C23H32N2O2S/c1-17(2)13-15-26-21-9-5-19(6-10-21)25(23(24)28)20-7-11-22(12-8-20)27-16-14-18(3)4/h5-12,17-18H,13-16H2,1-4H3,(H2,24,28). The molecule has 0 aliphatic rings. The SMILES string of the molecule is CC(C)CCOc1ccc(N(C(N)=S)c2ccc(OCCC(C)C)cc2)cc1. The molecule has 28 heavy (non-hydrogen) atoms. The third kappa shape index (κ3) is 7.04. The van der Waals surface area contributed by atoms with Crippen molar-refractivity contribution in [3.05, 3.63) is 48.5 Å². The second-order valence-electron chi connectivity index (χ2n) is 7.72. The summed E-state index contributed by atoms with van der Waals surface area (Å²) in [4.78, 5) is 1.84. The molecule has 0 aliphatic heterocycles. The van der Waals surface area contributed by atoms with E-state index in [9.17, 15) is 0 Å². The quantitative estimate of drug-likeness (QED) is 0.502. The van der Waals surface area contributed by atoms with Gasteiger partial charge in [-0.1, -0.05) is 27.7 Å². The molecule has 0 atom stereocenters. The molecule has 2 N–H and O–H groups in total. The van der Waals surface area contributed by atoms with Crippen LogP contribution in [0.15, 0.2) is 48.5 Å². The van der Waals surface area contributed by atoms with Gasteiger partial charge in [0.1, 0.15) is 11.5 Å². The van der Waals surface area contributed by atoms with Crippen LogP contribution < -0.4 is 20.1 Å². The summed E-state index contributed by atoms with van der Waals surface area (Å²) in [6.07, 6.45) is 2.07. The topological polar surface area (TPSA) is 47.7 Å². The molecule has 0 heterocycles. The van der Waals surface area contributed by atoms with Crippen LogP contribution in [-0.4, -0.2) is 18.3 Å². The van der Waals surface area contributed by atoms with Gasteiger partial charge in [0.15, 0.2) is 5.11 Å². The van der Waals surface area contributed by atoms with Gasteiger partial charge in [0, 0.05) is 11.4 Å². The van der Waals surface area contributed by atoms with Crippen molar-refractivity contribution in [3.8, 4) is 11.5 Å². The van der Waals surface area contributed by atoms with Crippen LogP contribution in [0.4, 0.5) is 11.4 Å². The molecule has 0 bridgehead atoms. The number of benzene rings is 2. The second kappa shape index (κ2) is 10.9. The van der Waals surface area contributed by atoms with E-state index in [-0.39, 0.29) is 0 Å². The minimum Gasteiger partial charge on any atom is -0.494 e. The van der Waals surface area contributed by atoms with Crippen LogP contribution in [0.5, 0.6) is 11.5 Å². The van der Waals surface area contributed by atoms with Crippen LogP contribution in [0, 0.1) is 11.8 Å². The van der Waals surface area contributed by atoms with Crippen molar-refractivity contribution < 1.29 is 9.47 Å². The molecule has 2 aromatic rings. The van der Waals surface area contributed by atoms with Gasteiger partial charge >= 0.3 is 0 Å². The lowest BCUT2D eigenvalue weighted by atomic mass is 10.1. The number of nitrogens with two attached hydrogens (primary N) is 1. The second-order valence-corrected chi connectivity index (χ2v) is 8.14. The summed E-state index contributed by atoms with van der Waals surface area (Å²) in [5.74, 6) is 2.95. The Balaban J connectivity index is 2.05. The summed E-state index contributed by atoms with van der Waals surface area (Å²) in [6, 6.07) is 15.7. The molecule has 0 aromatic heterocycles. The first-order valence-corrected chi connectivity index (χ1v) is 10.3. The van der Waals surface area contributed by atoms with E-state index in [1.54, 1.807) is 0 Å². The zero-order chi connectivity index (χ0) is 20.5. The highest BCUT2D eigenvalue weighted by Gasteiger charge is 2.13. The van der Waals surface area contributed by atoms with E-state index in [0.717, 1.165) is 35.7 Å². The summed E-state index contributed by atoms with van der Waals surface area (Å²) in [5.41, 5.74) is 7.80. The number of ether oxygens (including phenoxy) is 2. The Bertz CT molecular complexity index is 670. The molecule has 152 valence electrons. The van der Waals surface area contributed by atoms with Crippen LogP contribution in [0.3, 0.4) is 0 Å². The van der Waals surface area contributed by atoms with Crippen LogP contribution in [0.2, 0.25) is 0 Å². The molecule has 0 saturated heterocycles. The number of hydrogen-bond donors (Lipinski definition) is 1. The van der Waals surface area contributed by atoms with E-state index in [2.05, 4.69) is 27.7 Å². The number of thiocarbonyl (C=S) groups is 1. The van der Waals surface area contributed by atoms with E-state index < -0.39 is 0 Å². The Morgan fingerprint density at radius 3 is 1.43 bits per heavy atom. The van der Waals surface area contributed by atoms with Gasteiger partial charge in [0.2, 0.25) is 0 Å². The maximum atomic E-state index is 6.00. The summed E-state index contributed by atoms with van der Waals surface area (Å²) in [7, 11) is 0. The highest BCUT2D eigenvalue weighted by Crippen LogP contribution is 2.29. The van der Waals surface area contributed by atoms with Crippen molar-refractivity contribution in [1.29, 1.82) is 0 Å². The first-order valence-electron chi connectivity index (χ1n) is 9.92. The third-order valence-corrected chi connectivity index (χ3v) is 4.52. The first-order chi connectivity index (χ1) is 13.4. The van der Waals surface area contributed by atoms with Crippen LogP contribution in [-0.2, 0) is 0 Å². The largest absolute Gasteiger partial charge is 0.494 e. The summed E-state index contributed by atoms with van der Waals surface area (Å²) in [6.45, 7) is 10.2. The normalized spacial score (nSPS) is 10.9. The van der Waals surface area contributed by atoms with E-state index in [0.29, 0.717) is 30.2 Å². The predicted molar refractivity (Wildman–Crippen MR) is 122 cm³/mol. The van der Waals surface area contributed by atoms with Crippen LogP contribution >= 0.6 is 12.2 Å². The van der Waals surface area contributed by atoms with Crippen molar-refractivity contribution in [3.63, 3.8) is 0 Å². The molecule has 2 aromatic carbocycles. The molecule has 5 heteroatoms. The monoisotopic (exact) mass is 400 g/mol. The van der Waals surface area contributed by atoms with Gasteiger partial charge in [-0.05, 0) is 85.4 Å². The van der Waals surface area contributed by atoms with Crippen molar-refractivity contribution in [2.75, 3.05) is 18.1 Å². The van der Waals surface area contributed by atoms with Gasteiger partial charge in [-0.2, -0.15) is 0 Å². The highest BCUT2D eigenvalue weighted by atomic mass is 32.1. The van der Waals surface area contributed by atoms with Crippen LogP contribution in [0.25, 0.3) is 0 Å². The molecule has 0 fully saturated rings. The van der Waals surface area contributed by atoms with Crippen molar-refractivity contribution in [2.45, 2.75) is 40.5 Å². The zero-order valence-electron chi connectivity index (χ0n) is 17.4. The predicted octanol–water partition coefficient (Wildman–Crippen LogP) is 5.92. The molecule has 4 nitrogen and oxygen atoms in total. The average Bonchev–Trinajstić information content (AvgIpc) is 2.64. The Morgan fingerprint density at radius 2 is 1.14 bits per heavy atom. The van der Waals surface area contributed by atoms with Gasteiger partial charge in [-0.25, -0.2) is 0 Å². The summed E-state index contributed by atoms with van der Waals surface area (Å²) >= 11 is 5.29. The maximum Gasteiger partial charge on any atom is 0.175 e. The molecule has 2 rings (SSSR count). The number of anilines is 2. The van der Waals surface area contributed by atoms with Gasteiger partial charge in [0.25, 0.3) is 0 Å². The Kier molecular flexibility index (Phi) is 8.58. The number of nitrogens with zero attached hydrogens (tertiary/aromatic N) is 1.